The Morgan fingerprint density at radius 1 is 1.25 bits per heavy atom. The predicted molar refractivity (Wildman–Crippen MR) is 82.7 cm³/mol. The zero-order chi connectivity index (χ0) is 14.1. The summed E-state index contributed by atoms with van der Waals surface area (Å²) < 4.78 is 3.07. The van der Waals surface area contributed by atoms with Crippen molar-refractivity contribution in [1.29, 1.82) is 0 Å². The molecule has 2 atom stereocenters. The lowest BCUT2D eigenvalue weighted by atomic mass is 10.0. The summed E-state index contributed by atoms with van der Waals surface area (Å²) in [4.78, 5) is 12.5. The summed E-state index contributed by atoms with van der Waals surface area (Å²) in [6, 6.07) is 2.63. The van der Waals surface area contributed by atoms with Gasteiger partial charge in [0.1, 0.15) is 5.69 Å². The quantitative estimate of drug-likeness (QED) is 0.831. The monoisotopic (exact) mass is 339 g/mol. The van der Waals surface area contributed by atoms with Crippen LogP contribution in [0.3, 0.4) is 0 Å². The Morgan fingerprint density at radius 3 is 2.75 bits per heavy atom. The molecular formula is C15H22BrN3O. The van der Waals surface area contributed by atoms with Crippen LogP contribution >= 0.6 is 15.9 Å². The van der Waals surface area contributed by atoms with E-state index in [1.54, 1.807) is 0 Å². The molecule has 2 aliphatic carbocycles. The molecule has 0 saturated heterocycles. The van der Waals surface area contributed by atoms with E-state index in [-0.39, 0.29) is 18.0 Å². The Labute approximate surface area is 128 Å². The van der Waals surface area contributed by atoms with Crippen molar-refractivity contribution in [3.8, 4) is 0 Å². The summed E-state index contributed by atoms with van der Waals surface area (Å²) in [5, 5.41) is 3.16. The summed E-state index contributed by atoms with van der Waals surface area (Å²) >= 11 is 3.47. The zero-order valence-corrected chi connectivity index (χ0v) is 13.2. The molecule has 0 radical (unpaired) electrons. The number of halogens is 1. The fraction of sp³-hybridized carbons (Fsp3) is 0.667. The van der Waals surface area contributed by atoms with Gasteiger partial charge in [-0.3, -0.25) is 4.79 Å². The Hall–Kier alpha value is -0.810. The Balaban J connectivity index is 1.72. The van der Waals surface area contributed by atoms with Gasteiger partial charge < -0.3 is 15.6 Å². The number of rotatable bonds is 3. The van der Waals surface area contributed by atoms with Crippen molar-refractivity contribution >= 4 is 21.8 Å². The van der Waals surface area contributed by atoms with Crippen LogP contribution in [0.5, 0.6) is 0 Å². The normalized spacial score (nSPS) is 27.1. The first-order valence-corrected chi connectivity index (χ1v) is 8.38. The molecule has 2 aliphatic rings. The molecular weight excluding hydrogens is 318 g/mol. The second-order valence-electron chi connectivity index (χ2n) is 6.06. The van der Waals surface area contributed by atoms with E-state index in [4.69, 9.17) is 5.73 Å². The number of nitrogens with zero attached hydrogens (tertiary/aromatic N) is 1. The largest absolute Gasteiger partial charge is 0.346 e. The molecule has 1 heterocycles. The van der Waals surface area contributed by atoms with Crippen molar-refractivity contribution in [3.63, 3.8) is 0 Å². The van der Waals surface area contributed by atoms with Gasteiger partial charge >= 0.3 is 0 Å². The van der Waals surface area contributed by atoms with E-state index in [0.29, 0.717) is 6.04 Å². The summed E-state index contributed by atoms with van der Waals surface area (Å²) in [7, 11) is 0. The highest BCUT2D eigenvalue weighted by molar-refractivity contribution is 9.10. The van der Waals surface area contributed by atoms with Crippen molar-refractivity contribution < 1.29 is 4.79 Å². The molecule has 4 nitrogen and oxygen atoms in total. The summed E-state index contributed by atoms with van der Waals surface area (Å²) in [5.41, 5.74) is 6.95. The number of nitrogens with one attached hydrogen (secondary N) is 1. The van der Waals surface area contributed by atoms with Gasteiger partial charge in [0.25, 0.3) is 5.91 Å². The van der Waals surface area contributed by atoms with Crippen LogP contribution < -0.4 is 11.1 Å². The van der Waals surface area contributed by atoms with Gasteiger partial charge in [-0.05, 0) is 47.7 Å². The first-order valence-electron chi connectivity index (χ1n) is 7.59. The molecule has 3 rings (SSSR count). The fourth-order valence-electron chi connectivity index (χ4n) is 3.04. The number of hydrogen-bond acceptors (Lipinski definition) is 2. The highest BCUT2D eigenvalue weighted by Gasteiger charge is 2.29. The summed E-state index contributed by atoms with van der Waals surface area (Å²) in [6.45, 7) is 0. The van der Waals surface area contributed by atoms with Crippen LogP contribution in [0, 0.1) is 0 Å². The van der Waals surface area contributed by atoms with Crippen molar-refractivity contribution in [3.05, 3.63) is 22.4 Å². The van der Waals surface area contributed by atoms with E-state index in [1.165, 1.54) is 25.7 Å². The van der Waals surface area contributed by atoms with Crippen LogP contribution in [-0.4, -0.2) is 22.6 Å². The van der Waals surface area contributed by atoms with Crippen molar-refractivity contribution in [2.24, 2.45) is 5.73 Å². The highest BCUT2D eigenvalue weighted by Crippen LogP contribution is 2.37. The lowest BCUT2D eigenvalue weighted by Gasteiger charge is -2.23. The molecule has 1 aromatic rings. The number of nitrogens with two attached hydrogens (primary N) is 1. The van der Waals surface area contributed by atoms with E-state index < -0.39 is 0 Å². The lowest BCUT2D eigenvalue weighted by molar-refractivity contribution is 0.0919. The van der Waals surface area contributed by atoms with Crippen LogP contribution in [0.2, 0.25) is 0 Å². The maximum absolute atomic E-state index is 12.5. The van der Waals surface area contributed by atoms with E-state index in [0.717, 1.165) is 29.4 Å². The van der Waals surface area contributed by atoms with Gasteiger partial charge in [0, 0.05) is 28.8 Å². The lowest BCUT2D eigenvalue weighted by Crippen LogP contribution is -2.47. The minimum atomic E-state index is 0.0185. The second kappa shape index (κ2) is 5.90. The topological polar surface area (TPSA) is 60.0 Å². The van der Waals surface area contributed by atoms with Gasteiger partial charge in [-0.15, -0.1) is 0 Å². The minimum absolute atomic E-state index is 0.0185. The Bertz CT molecular complexity index is 495. The van der Waals surface area contributed by atoms with Gasteiger partial charge in [0.05, 0.1) is 0 Å². The van der Waals surface area contributed by atoms with E-state index in [1.807, 2.05) is 12.3 Å². The third-order valence-electron chi connectivity index (χ3n) is 4.37. The van der Waals surface area contributed by atoms with Crippen LogP contribution in [0.25, 0.3) is 0 Å². The second-order valence-corrected chi connectivity index (χ2v) is 6.98. The zero-order valence-electron chi connectivity index (χ0n) is 11.6. The maximum Gasteiger partial charge on any atom is 0.268 e. The molecule has 3 N–H and O–H groups in total. The molecule has 1 aromatic heterocycles. The van der Waals surface area contributed by atoms with Crippen LogP contribution in [0.1, 0.15) is 61.5 Å². The number of hydrogen-bond donors (Lipinski definition) is 2. The molecule has 5 heteroatoms. The van der Waals surface area contributed by atoms with Crippen molar-refractivity contribution in [2.45, 2.75) is 63.1 Å². The van der Waals surface area contributed by atoms with Crippen LogP contribution in [0.4, 0.5) is 0 Å². The van der Waals surface area contributed by atoms with Gasteiger partial charge in [-0.2, -0.15) is 0 Å². The Kier molecular flexibility index (Phi) is 4.17. The van der Waals surface area contributed by atoms with E-state index >= 15 is 0 Å². The molecule has 0 spiro atoms. The van der Waals surface area contributed by atoms with Crippen molar-refractivity contribution in [1.82, 2.24) is 9.88 Å². The van der Waals surface area contributed by atoms with Gasteiger partial charge in [0.15, 0.2) is 0 Å². The molecule has 20 heavy (non-hydrogen) atoms. The molecule has 2 saturated carbocycles. The van der Waals surface area contributed by atoms with Gasteiger partial charge in [-0.25, -0.2) is 0 Å². The number of amides is 1. The number of carbonyl (C=O) groups is 1. The molecule has 2 fully saturated rings. The third kappa shape index (κ3) is 3.09. The van der Waals surface area contributed by atoms with Gasteiger partial charge in [-0.1, -0.05) is 19.3 Å². The number of aromatic nitrogens is 1. The average molecular weight is 340 g/mol. The smallest absolute Gasteiger partial charge is 0.268 e. The highest BCUT2D eigenvalue weighted by atomic mass is 79.9. The molecule has 110 valence electrons. The van der Waals surface area contributed by atoms with Crippen LogP contribution in [0.15, 0.2) is 16.7 Å². The first-order chi connectivity index (χ1) is 9.65. The predicted octanol–water partition coefficient (Wildman–Crippen LogP) is 2.98. The van der Waals surface area contributed by atoms with E-state index in [2.05, 4.69) is 25.8 Å². The summed E-state index contributed by atoms with van der Waals surface area (Å²) in [5.74, 6) is 0.0185. The standard InChI is InChI=1S/C15H22BrN3O/c16-10-8-14(19(9-10)11-6-7-11)15(20)18-13-5-3-1-2-4-12(13)17/h8-9,11-13H,1-7,17H2,(H,18,20). The average Bonchev–Trinajstić information content (AvgIpc) is 3.20. The van der Waals surface area contributed by atoms with Crippen molar-refractivity contribution in [2.75, 3.05) is 0 Å². The maximum atomic E-state index is 12.5. The van der Waals surface area contributed by atoms with Gasteiger partial charge in [0.2, 0.25) is 0 Å². The minimum Gasteiger partial charge on any atom is -0.346 e. The molecule has 0 bridgehead atoms. The van der Waals surface area contributed by atoms with Crippen LogP contribution in [-0.2, 0) is 0 Å². The molecule has 0 aliphatic heterocycles. The third-order valence-corrected chi connectivity index (χ3v) is 4.81. The summed E-state index contributed by atoms with van der Waals surface area (Å²) in [6.07, 6.45) is 9.93. The Morgan fingerprint density at radius 2 is 2.00 bits per heavy atom. The SMILES string of the molecule is NC1CCCCCC1NC(=O)c1cc(Br)cn1C1CC1. The van der Waals surface area contributed by atoms with E-state index in [9.17, 15) is 4.79 Å². The number of carbonyl (C=O) groups excluding carboxylic acids is 1. The molecule has 0 aromatic carbocycles. The first kappa shape index (κ1) is 14.1. The fourth-order valence-corrected chi connectivity index (χ4v) is 3.48. The molecule has 1 amide bonds. The molecule has 2 unspecified atom stereocenters.